The highest BCUT2D eigenvalue weighted by atomic mass is 35.5. The molecule has 4 rings (SSSR count). The van der Waals surface area contributed by atoms with Gasteiger partial charge in [-0.2, -0.15) is 8.42 Å². The molecule has 0 amide bonds. The summed E-state index contributed by atoms with van der Waals surface area (Å²) in [7, 11) is -3.72. The third kappa shape index (κ3) is 4.55. The van der Waals surface area contributed by atoms with Gasteiger partial charge in [0.05, 0.1) is 12.2 Å². The lowest BCUT2D eigenvalue weighted by atomic mass is 10.2. The minimum atomic E-state index is -3.72. The third-order valence-corrected chi connectivity index (χ3v) is 6.62. The second kappa shape index (κ2) is 8.21. The first-order valence-corrected chi connectivity index (χ1v) is 11.2. The molecule has 2 aromatic carbocycles. The fraction of sp³-hybridized carbons (Fsp3) is 0.350. The van der Waals surface area contributed by atoms with Crippen LogP contribution in [0.5, 0.6) is 0 Å². The predicted molar refractivity (Wildman–Crippen MR) is 112 cm³/mol. The Balaban J connectivity index is 1.40. The maximum Gasteiger partial charge on any atom is 0.286 e. The Morgan fingerprint density at radius 1 is 0.964 bits per heavy atom. The molecule has 0 bridgehead atoms. The largest absolute Gasteiger partial charge is 0.341 e. The molecule has 0 atom stereocenters. The fourth-order valence-electron chi connectivity index (χ4n) is 3.65. The average molecular weight is 419 g/mol. The van der Waals surface area contributed by atoms with Gasteiger partial charge < -0.3 is 5.32 Å². The molecule has 0 aromatic heterocycles. The Kier molecular flexibility index (Phi) is 5.68. The van der Waals surface area contributed by atoms with Crippen molar-refractivity contribution in [3.05, 3.63) is 59.1 Å². The van der Waals surface area contributed by atoms with E-state index < -0.39 is 10.0 Å². The zero-order valence-electron chi connectivity index (χ0n) is 15.5. The molecule has 1 saturated heterocycles. The van der Waals surface area contributed by atoms with Gasteiger partial charge in [0.1, 0.15) is 10.7 Å². The van der Waals surface area contributed by atoms with Gasteiger partial charge in [0.25, 0.3) is 10.0 Å². The van der Waals surface area contributed by atoms with Gasteiger partial charge in [-0.15, -0.1) is 4.40 Å². The minimum absolute atomic E-state index is 0.133. The Bertz CT molecular complexity index is 979. The molecular formula is C20H23ClN4O2S. The Morgan fingerprint density at radius 2 is 1.68 bits per heavy atom. The number of nitrogens with one attached hydrogen (secondary N) is 1. The normalized spacial score (nSPS) is 20.0. The molecule has 2 aliphatic heterocycles. The van der Waals surface area contributed by atoms with Gasteiger partial charge >= 0.3 is 0 Å². The molecule has 2 heterocycles. The highest BCUT2D eigenvalue weighted by molar-refractivity contribution is 7.90. The van der Waals surface area contributed by atoms with Crippen LogP contribution in [-0.2, 0) is 16.6 Å². The first-order chi connectivity index (χ1) is 13.5. The number of nitrogens with zero attached hydrogens (tertiary/aromatic N) is 3. The van der Waals surface area contributed by atoms with Crippen molar-refractivity contribution < 1.29 is 8.42 Å². The van der Waals surface area contributed by atoms with E-state index in [0.717, 1.165) is 39.1 Å². The lowest BCUT2D eigenvalue weighted by Gasteiger charge is -2.25. The van der Waals surface area contributed by atoms with Gasteiger partial charge in [-0.25, -0.2) is 0 Å². The van der Waals surface area contributed by atoms with Crippen LogP contribution in [0, 0.1) is 0 Å². The Morgan fingerprint density at radius 3 is 2.43 bits per heavy atom. The summed E-state index contributed by atoms with van der Waals surface area (Å²) in [5, 5.41) is 3.54. The number of amidine groups is 1. The monoisotopic (exact) mass is 418 g/mol. The van der Waals surface area contributed by atoms with Crippen molar-refractivity contribution in [3.63, 3.8) is 0 Å². The third-order valence-electron chi connectivity index (χ3n) is 5.03. The molecule has 0 aliphatic carbocycles. The number of sulfonamides is 1. The van der Waals surface area contributed by atoms with Crippen molar-refractivity contribution in [3.8, 4) is 0 Å². The zero-order chi connectivity index (χ0) is 19.6. The SMILES string of the molecule is O=S1(=O)N=C(CN2CCCN(Cc3ccccc3)CC2)Nc2ccc(Cl)cc21. The smallest absolute Gasteiger partial charge is 0.286 e. The molecule has 0 spiro atoms. The van der Waals surface area contributed by atoms with Gasteiger partial charge in [-0.1, -0.05) is 41.9 Å². The van der Waals surface area contributed by atoms with Crippen LogP contribution in [0.15, 0.2) is 57.8 Å². The maximum atomic E-state index is 12.5. The number of rotatable bonds is 4. The van der Waals surface area contributed by atoms with Crippen molar-refractivity contribution in [1.82, 2.24) is 9.80 Å². The highest BCUT2D eigenvalue weighted by Crippen LogP contribution is 2.30. The second-order valence-corrected chi connectivity index (χ2v) is 9.18. The standard InChI is InChI=1S/C20H23ClN4O2S/c21-17-7-8-18-19(13-17)28(26,27)23-20(22-18)15-25-10-4-9-24(11-12-25)14-16-5-2-1-3-6-16/h1-3,5-8,13H,4,9-12,14-15H2,(H,22,23). The van der Waals surface area contributed by atoms with Gasteiger partial charge in [0, 0.05) is 24.7 Å². The summed E-state index contributed by atoms with van der Waals surface area (Å²) in [6.07, 6.45) is 1.04. The van der Waals surface area contributed by atoms with Crippen LogP contribution in [-0.4, -0.2) is 56.8 Å². The molecule has 2 aromatic rings. The molecule has 6 nitrogen and oxygen atoms in total. The number of benzene rings is 2. The quantitative estimate of drug-likeness (QED) is 0.826. The van der Waals surface area contributed by atoms with E-state index in [1.54, 1.807) is 12.1 Å². The summed E-state index contributed by atoms with van der Waals surface area (Å²) in [6, 6.07) is 15.3. The van der Waals surface area contributed by atoms with Crippen molar-refractivity contribution in [2.75, 3.05) is 38.0 Å². The zero-order valence-corrected chi connectivity index (χ0v) is 17.1. The lowest BCUT2D eigenvalue weighted by Crippen LogP contribution is -2.38. The van der Waals surface area contributed by atoms with E-state index in [4.69, 9.17) is 11.6 Å². The summed E-state index contributed by atoms with van der Waals surface area (Å²) in [5.74, 6) is 0.464. The molecule has 0 unspecified atom stereocenters. The Hall–Kier alpha value is -1.93. The van der Waals surface area contributed by atoms with Crippen molar-refractivity contribution in [2.24, 2.45) is 4.40 Å². The average Bonchev–Trinajstić information content (AvgIpc) is 2.88. The van der Waals surface area contributed by atoms with E-state index in [9.17, 15) is 8.42 Å². The van der Waals surface area contributed by atoms with E-state index >= 15 is 0 Å². The van der Waals surface area contributed by atoms with E-state index in [0.29, 0.717) is 23.1 Å². The van der Waals surface area contributed by atoms with Gasteiger partial charge in [0.15, 0.2) is 0 Å². The van der Waals surface area contributed by atoms with Crippen LogP contribution in [0.3, 0.4) is 0 Å². The number of anilines is 1. The lowest BCUT2D eigenvalue weighted by molar-refractivity contribution is 0.264. The van der Waals surface area contributed by atoms with E-state index in [2.05, 4.69) is 43.8 Å². The van der Waals surface area contributed by atoms with Gasteiger partial charge in [0.2, 0.25) is 0 Å². The molecule has 0 radical (unpaired) electrons. The fourth-order valence-corrected chi connectivity index (χ4v) is 5.05. The number of fused-ring (bicyclic) bond motifs is 1. The second-order valence-electron chi connectivity index (χ2n) is 7.17. The van der Waals surface area contributed by atoms with Crippen molar-refractivity contribution in [2.45, 2.75) is 17.9 Å². The highest BCUT2D eigenvalue weighted by Gasteiger charge is 2.26. The van der Waals surface area contributed by atoms with Crippen LogP contribution < -0.4 is 5.32 Å². The summed E-state index contributed by atoms with van der Waals surface area (Å²) in [5.41, 5.74) is 1.85. The van der Waals surface area contributed by atoms with Crippen LogP contribution in [0.25, 0.3) is 0 Å². The summed E-state index contributed by atoms with van der Waals surface area (Å²) >= 11 is 5.93. The molecule has 0 saturated carbocycles. The number of hydrogen-bond donors (Lipinski definition) is 1. The van der Waals surface area contributed by atoms with Crippen LogP contribution in [0.1, 0.15) is 12.0 Å². The van der Waals surface area contributed by atoms with E-state index in [1.165, 1.54) is 11.6 Å². The summed E-state index contributed by atoms with van der Waals surface area (Å²) < 4.78 is 28.9. The molecule has 148 valence electrons. The summed E-state index contributed by atoms with van der Waals surface area (Å²) in [4.78, 5) is 4.83. The van der Waals surface area contributed by atoms with Crippen LogP contribution in [0.2, 0.25) is 5.02 Å². The number of halogens is 1. The molecule has 1 fully saturated rings. The topological polar surface area (TPSA) is 65.0 Å². The maximum absolute atomic E-state index is 12.5. The van der Waals surface area contributed by atoms with Crippen LogP contribution >= 0.6 is 11.6 Å². The molecule has 28 heavy (non-hydrogen) atoms. The van der Waals surface area contributed by atoms with E-state index in [1.807, 2.05) is 6.07 Å². The predicted octanol–water partition coefficient (Wildman–Crippen LogP) is 3.06. The first-order valence-electron chi connectivity index (χ1n) is 9.39. The molecule has 1 N–H and O–H groups in total. The molecular weight excluding hydrogens is 396 g/mol. The minimum Gasteiger partial charge on any atom is -0.341 e. The molecule has 8 heteroatoms. The van der Waals surface area contributed by atoms with Gasteiger partial charge in [-0.05, 0) is 43.3 Å². The van der Waals surface area contributed by atoms with Crippen LogP contribution in [0.4, 0.5) is 5.69 Å². The van der Waals surface area contributed by atoms with Crippen molar-refractivity contribution in [1.29, 1.82) is 0 Å². The molecule has 2 aliphatic rings. The Labute approximate surface area is 170 Å². The summed E-state index contributed by atoms with van der Waals surface area (Å²) in [6.45, 7) is 5.20. The first kappa shape index (κ1) is 19.4. The number of hydrogen-bond acceptors (Lipinski definition) is 5. The van der Waals surface area contributed by atoms with Crippen molar-refractivity contribution >= 4 is 33.1 Å². The van der Waals surface area contributed by atoms with Gasteiger partial charge in [-0.3, -0.25) is 9.80 Å². The van der Waals surface area contributed by atoms with E-state index in [-0.39, 0.29) is 4.90 Å².